The summed E-state index contributed by atoms with van der Waals surface area (Å²) < 4.78 is 14.1. The van der Waals surface area contributed by atoms with Crippen LogP contribution in [0.4, 0.5) is 4.39 Å². The smallest absolute Gasteiger partial charge is 0.237 e. The SMILES string of the molecule is C[C@@H](C(=O)NC12CC3CC(CC(C3)C1)C2)N(C)Cc1c(F)cccc1Cl. The number of likely N-dealkylation sites (N-methyl/N-ethyl adjacent to an activating group) is 1. The highest BCUT2D eigenvalue weighted by atomic mass is 35.5. The fourth-order valence-electron chi connectivity index (χ4n) is 5.90. The van der Waals surface area contributed by atoms with E-state index in [0.29, 0.717) is 17.1 Å². The second-order valence-electron chi connectivity index (χ2n) is 8.98. The topological polar surface area (TPSA) is 32.3 Å². The van der Waals surface area contributed by atoms with E-state index in [1.165, 1.54) is 25.3 Å². The lowest BCUT2D eigenvalue weighted by Gasteiger charge is -2.57. The van der Waals surface area contributed by atoms with Crippen LogP contribution in [0.1, 0.15) is 51.0 Å². The summed E-state index contributed by atoms with van der Waals surface area (Å²) in [6.45, 7) is 2.21. The molecule has 0 radical (unpaired) electrons. The van der Waals surface area contributed by atoms with Crippen LogP contribution in [0.25, 0.3) is 0 Å². The van der Waals surface area contributed by atoms with Crippen LogP contribution in [0.15, 0.2) is 18.2 Å². The van der Waals surface area contributed by atoms with Crippen LogP contribution in [-0.4, -0.2) is 29.4 Å². The fourth-order valence-corrected chi connectivity index (χ4v) is 6.12. The van der Waals surface area contributed by atoms with E-state index < -0.39 is 0 Å². The van der Waals surface area contributed by atoms with Gasteiger partial charge in [0.2, 0.25) is 5.91 Å². The van der Waals surface area contributed by atoms with Gasteiger partial charge in [-0.1, -0.05) is 17.7 Å². The minimum atomic E-state index is -0.321. The number of hydrogen-bond acceptors (Lipinski definition) is 2. The van der Waals surface area contributed by atoms with Gasteiger partial charge in [0.25, 0.3) is 0 Å². The molecule has 4 saturated carbocycles. The molecule has 3 nitrogen and oxygen atoms in total. The molecule has 1 aromatic rings. The number of carbonyl (C=O) groups excluding carboxylic acids is 1. The molecular formula is C21H28ClFN2O. The Morgan fingerprint density at radius 2 is 1.85 bits per heavy atom. The number of amides is 1. The van der Waals surface area contributed by atoms with Crippen LogP contribution in [0.5, 0.6) is 0 Å². The zero-order chi connectivity index (χ0) is 18.5. The van der Waals surface area contributed by atoms with E-state index in [1.807, 2.05) is 18.9 Å². The highest BCUT2D eigenvalue weighted by Gasteiger charge is 2.51. The molecule has 0 aliphatic heterocycles. The van der Waals surface area contributed by atoms with Gasteiger partial charge in [0.05, 0.1) is 6.04 Å². The van der Waals surface area contributed by atoms with Crippen molar-refractivity contribution in [2.24, 2.45) is 17.8 Å². The van der Waals surface area contributed by atoms with Crippen molar-refractivity contribution in [3.63, 3.8) is 0 Å². The lowest BCUT2D eigenvalue weighted by atomic mass is 9.53. The zero-order valence-electron chi connectivity index (χ0n) is 15.6. The number of hydrogen-bond donors (Lipinski definition) is 1. The van der Waals surface area contributed by atoms with Gasteiger partial charge in [-0.25, -0.2) is 4.39 Å². The van der Waals surface area contributed by atoms with E-state index in [4.69, 9.17) is 11.6 Å². The molecule has 4 aliphatic rings. The van der Waals surface area contributed by atoms with Crippen molar-refractivity contribution in [1.82, 2.24) is 10.2 Å². The fraction of sp³-hybridized carbons (Fsp3) is 0.667. The molecule has 142 valence electrons. The number of halogens is 2. The molecule has 0 aromatic heterocycles. The molecule has 1 amide bonds. The summed E-state index contributed by atoms with van der Waals surface area (Å²) in [7, 11) is 1.85. The Morgan fingerprint density at radius 1 is 1.27 bits per heavy atom. The molecular weight excluding hydrogens is 351 g/mol. The van der Waals surface area contributed by atoms with Crippen LogP contribution in [0.2, 0.25) is 5.02 Å². The highest BCUT2D eigenvalue weighted by molar-refractivity contribution is 6.31. The molecule has 0 saturated heterocycles. The molecule has 4 aliphatic carbocycles. The third-order valence-corrected chi connectivity index (χ3v) is 7.29. The second-order valence-corrected chi connectivity index (χ2v) is 9.39. The number of benzene rings is 1. The maximum atomic E-state index is 14.1. The molecule has 4 bridgehead atoms. The third-order valence-electron chi connectivity index (χ3n) is 6.94. The predicted molar refractivity (Wildman–Crippen MR) is 101 cm³/mol. The maximum absolute atomic E-state index is 14.1. The molecule has 0 unspecified atom stereocenters. The van der Waals surface area contributed by atoms with E-state index in [9.17, 15) is 9.18 Å². The summed E-state index contributed by atoms with van der Waals surface area (Å²) >= 11 is 6.14. The van der Waals surface area contributed by atoms with Crippen molar-refractivity contribution in [3.05, 3.63) is 34.6 Å². The average Bonchev–Trinajstić information content (AvgIpc) is 2.55. The zero-order valence-corrected chi connectivity index (χ0v) is 16.4. The number of nitrogens with zero attached hydrogens (tertiary/aromatic N) is 1. The van der Waals surface area contributed by atoms with Gasteiger partial charge in [0.15, 0.2) is 0 Å². The molecule has 0 spiro atoms. The summed E-state index contributed by atoms with van der Waals surface area (Å²) in [5, 5.41) is 3.82. The third kappa shape index (κ3) is 3.38. The van der Waals surface area contributed by atoms with Gasteiger partial charge in [-0.2, -0.15) is 0 Å². The Balaban J connectivity index is 1.41. The van der Waals surface area contributed by atoms with Crippen molar-refractivity contribution in [1.29, 1.82) is 0 Å². The number of nitrogens with one attached hydrogen (secondary N) is 1. The second kappa shape index (κ2) is 6.79. The van der Waals surface area contributed by atoms with E-state index in [1.54, 1.807) is 12.1 Å². The lowest BCUT2D eigenvalue weighted by molar-refractivity contribution is -0.131. The summed E-state index contributed by atoms with van der Waals surface area (Å²) in [6.07, 6.45) is 7.49. The first kappa shape index (κ1) is 18.2. The summed E-state index contributed by atoms with van der Waals surface area (Å²) in [5.41, 5.74) is 0.461. The highest BCUT2D eigenvalue weighted by Crippen LogP contribution is 2.55. The van der Waals surface area contributed by atoms with E-state index in [-0.39, 0.29) is 23.3 Å². The first-order valence-electron chi connectivity index (χ1n) is 9.80. The van der Waals surface area contributed by atoms with Crippen molar-refractivity contribution < 1.29 is 9.18 Å². The molecule has 1 atom stereocenters. The van der Waals surface area contributed by atoms with E-state index in [2.05, 4.69) is 5.32 Å². The lowest BCUT2D eigenvalue weighted by Crippen LogP contribution is -2.62. The Hall–Kier alpha value is -1.13. The van der Waals surface area contributed by atoms with E-state index in [0.717, 1.165) is 37.0 Å². The van der Waals surface area contributed by atoms with Gasteiger partial charge in [-0.15, -0.1) is 0 Å². The van der Waals surface area contributed by atoms with Crippen LogP contribution >= 0.6 is 11.6 Å². The summed E-state index contributed by atoms with van der Waals surface area (Å²) in [5.74, 6) is 2.13. The minimum Gasteiger partial charge on any atom is -0.349 e. The maximum Gasteiger partial charge on any atom is 0.237 e. The van der Waals surface area contributed by atoms with Crippen LogP contribution < -0.4 is 5.32 Å². The van der Waals surface area contributed by atoms with Gasteiger partial charge in [0, 0.05) is 22.7 Å². The number of rotatable bonds is 5. The van der Waals surface area contributed by atoms with Gasteiger partial charge in [0.1, 0.15) is 5.82 Å². The van der Waals surface area contributed by atoms with Crippen LogP contribution in [-0.2, 0) is 11.3 Å². The Morgan fingerprint density at radius 3 is 2.38 bits per heavy atom. The molecule has 1 aromatic carbocycles. The normalized spacial score (nSPS) is 33.5. The van der Waals surface area contributed by atoms with Crippen LogP contribution in [0, 0.1) is 23.6 Å². The van der Waals surface area contributed by atoms with Gasteiger partial charge in [-0.05, 0) is 82.4 Å². The molecule has 5 rings (SSSR count). The molecule has 5 heteroatoms. The van der Waals surface area contributed by atoms with Gasteiger partial charge >= 0.3 is 0 Å². The number of carbonyl (C=O) groups is 1. The Bertz CT molecular complexity index is 652. The predicted octanol–water partition coefficient (Wildman–Crippen LogP) is 4.38. The Labute approximate surface area is 160 Å². The standard InChI is InChI=1S/C21H28ClFN2O/c1-13(25(2)12-17-18(22)4-3-5-19(17)23)20(26)24-21-9-14-6-15(10-21)8-16(7-14)11-21/h3-5,13-16H,6-12H2,1-2H3,(H,24,26)/t13-,14?,15?,16?,21?/m0/s1. The van der Waals surface area contributed by atoms with Crippen molar-refractivity contribution in [3.8, 4) is 0 Å². The van der Waals surface area contributed by atoms with Crippen molar-refractivity contribution >= 4 is 17.5 Å². The van der Waals surface area contributed by atoms with E-state index >= 15 is 0 Å². The van der Waals surface area contributed by atoms with Crippen molar-refractivity contribution in [2.45, 2.75) is 63.6 Å². The molecule has 0 heterocycles. The average molecular weight is 379 g/mol. The van der Waals surface area contributed by atoms with Gasteiger partial charge < -0.3 is 5.32 Å². The summed E-state index contributed by atoms with van der Waals surface area (Å²) in [6, 6.07) is 4.38. The van der Waals surface area contributed by atoms with Crippen molar-refractivity contribution in [2.75, 3.05) is 7.05 Å². The largest absolute Gasteiger partial charge is 0.349 e. The molecule has 1 N–H and O–H groups in total. The quantitative estimate of drug-likeness (QED) is 0.824. The minimum absolute atomic E-state index is 0.0105. The first-order chi connectivity index (χ1) is 12.3. The summed E-state index contributed by atoms with van der Waals surface area (Å²) in [4.78, 5) is 14.8. The molecule has 26 heavy (non-hydrogen) atoms. The first-order valence-corrected chi connectivity index (χ1v) is 10.2. The Kier molecular flexibility index (Phi) is 4.77. The van der Waals surface area contributed by atoms with Gasteiger partial charge in [-0.3, -0.25) is 9.69 Å². The monoisotopic (exact) mass is 378 g/mol. The molecule has 4 fully saturated rings. The van der Waals surface area contributed by atoms with Crippen LogP contribution in [0.3, 0.4) is 0 Å².